The summed E-state index contributed by atoms with van der Waals surface area (Å²) in [6.45, 7) is 0. The Morgan fingerprint density at radius 3 is 1.00 bits per heavy atom. The molecule has 27 heavy (non-hydrogen) atoms. The summed E-state index contributed by atoms with van der Waals surface area (Å²) in [6, 6.07) is 0. The number of hydrogen-bond acceptors (Lipinski definition) is 12. The maximum absolute atomic E-state index is 2.18. The summed E-state index contributed by atoms with van der Waals surface area (Å²) in [5, 5.41) is 3.84. The first-order chi connectivity index (χ1) is 13.3. The van der Waals surface area contributed by atoms with Gasteiger partial charge in [-0.05, 0) is 6.42 Å². The van der Waals surface area contributed by atoms with Crippen LogP contribution in [0.4, 0.5) is 0 Å². The van der Waals surface area contributed by atoms with Gasteiger partial charge in [0, 0.05) is 67.0 Å². The van der Waals surface area contributed by atoms with Crippen molar-refractivity contribution in [3.63, 3.8) is 0 Å². The second kappa shape index (κ2) is 13.8. The molecule has 0 aromatic carbocycles. The molecule has 0 aromatic rings. The lowest BCUT2D eigenvalue weighted by molar-refractivity contribution is 1.05. The SMILES string of the molecule is C(SSC(CC(SSCC1CS1)SSCC1CS1)SSCC1CS1)C1CS1. The molecule has 4 saturated heterocycles. The minimum absolute atomic E-state index is 0.740. The monoisotopic (exact) mass is 588 g/mol. The van der Waals surface area contributed by atoms with Gasteiger partial charge in [-0.15, -0.1) is 0 Å². The van der Waals surface area contributed by atoms with Crippen LogP contribution in [0.2, 0.25) is 0 Å². The third kappa shape index (κ3) is 12.3. The maximum atomic E-state index is 2.18. The second-order valence-electron chi connectivity index (χ2n) is 6.44. The van der Waals surface area contributed by atoms with Gasteiger partial charge in [0.25, 0.3) is 0 Å². The molecule has 0 spiro atoms. The van der Waals surface area contributed by atoms with Crippen LogP contribution in [0.3, 0.4) is 0 Å². The van der Waals surface area contributed by atoms with E-state index in [1.54, 1.807) is 0 Å². The minimum atomic E-state index is 0.740. The van der Waals surface area contributed by atoms with E-state index in [-0.39, 0.29) is 0 Å². The van der Waals surface area contributed by atoms with Crippen molar-refractivity contribution in [3.05, 3.63) is 0 Å². The second-order valence-corrected chi connectivity index (χ2v) is 22.8. The normalized spacial score (nSPS) is 32.9. The van der Waals surface area contributed by atoms with Crippen molar-refractivity contribution in [1.82, 2.24) is 0 Å². The van der Waals surface area contributed by atoms with E-state index in [2.05, 4.69) is 133 Å². The molecule has 0 nitrogen and oxygen atoms in total. The van der Waals surface area contributed by atoms with Gasteiger partial charge in [-0.1, -0.05) is 86.4 Å². The lowest BCUT2D eigenvalue weighted by Gasteiger charge is -2.21. The van der Waals surface area contributed by atoms with Crippen molar-refractivity contribution in [2.75, 3.05) is 46.0 Å². The Balaban J connectivity index is 1.18. The molecule has 0 radical (unpaired) electrons. The first kappa shape index (κ1) is 24.3. The smallest absolute Gasteiger partial charge is 0.0728 e. The molecule has 0 N–H and O–H groups in total. The number of hydrogen-bond donors (Lipinski definition) is 0. The maximum Gasteiger partial charge on any atom is 0.0728 e. The summed E-state index contributed by atoms with van der Waals surface area (Å²) in [7, 11) is 17.3. The third-order valence-corrected chi connectivity index (χ3v) is 21.4. The van der Waals surface area contributed by atoms with Crippen molar-refractivity contribution in [3.8, 4) is 0 Å². The predicted molar refractivity (Wildman–Crippen MR) is 157 cm³/mol. The largest absolute Gasteiger partial charge is 0.156 e. The van der Waals surface area contributed by atoms with Gasteiger partial charge in [-0.2, -0.15) is 47.0 Å². The van der Waals surface area contributed by atoms with Crippen LogP contribution in [0.25, 0.3) is 0 Å². The molecule has 0 aliphatic carbocycles. The molecule has 0 bridgehead atoms. The zero-order chi connectivity index (χ0) is 18.3. The van der Waals surface area contributed by atoms with Crippen molar-refractivity contribution in [2.45, 2.75) is 36.6 Å². The molecule has 4 aliphatic heterocycles. The van der Waals surface area contributed by atoms with Gasteiger partial charge < -0.3 is 0 Å². The van der Waals surface area contributed by atoms with E-state index in [1.165, 1.54) is 52.4 Å². The Morgan fingerprint density at radius 2 is 0.778 bits per heavy atom. The van der Waals surface area contributed by atoms with Crippen LogP contribution in [0.5, 0.6) is 0 Å². The van der Waals surface area contributed by atoms with E-state index in [9.17, 15) is 0 Å². The molecule has 4 heterocycles. The molecular formula is C15H24S12. The average molecular weight is 589 g/mol. The molecule has 4 rings (SSSR count). The van der Waals surface area contributed by atoms with Crippen molar-refractivity contribution < 1.29 is 0 Å². The molecule has 4 aliphatic rings. The average Bonchev–Trinajstić information content (AvgIpc) is 3.48. The van der Waals surface area contributed by atoms with Crippen molar-refractivity contribution >= 4 is 133 Å². The highest BCUT2D eigenvalue weighted by Crippen LogP contribution is 2.52. The fraction of sp³-hybridized carbons (Fsp3) is 1.00. The Kier molecular flexibility index (Phi) is 12.4. The molecule has 4 atom stereocenters. The van der Waals surface area contributed by atoms with Crippen molar-refractivity contribution in [1.29, 1.82) is 0 Å². The van der Waals surface area contributed by atoms with Gasteiger partial charge in [0.2, 0.25) is 0 Å². The summed E-state index contributed by atoms with van der Waals surface area (Å²) < 4.78 is 1.48. The van der Waals surface area contributed by atoms with Crippen LogP contribution in [0, 0.1) is 0 Å². The van der Waals surface area contributed by atoms with Crippen LogP contribution >= 0.6 is 133 Å². The van der Waals surface area contributed by atoms with Crippen LogP contribution in [0.1, 0.15) is 6.42 Å². The lowest BCUT2D eigenvalue weighted by Crippen LogP contribution is -2.05. The molecule has 4 fully saturated rings. The molecule has 4 unspecified atom stereocenters. The molecule has 12 heteroatoms. The Labute approximate surface area is 213 Å². The Bertz CT molecular complexity index is 349. The summed E-state index contributed by atoms with van der Waals surface area (Å²) >= 11 is 8.54. The van der Waals surface area contributed by atoms with Crippen LogP contribution in [-0.4, -0.2) is 76.2 Å². The quantitative estimate of drug-likeness (QED) is 0.0864. The van der Waals surface area contributed by atoms with Gasteiger partial charge in [0.05, 0.1) is 9.16 Å². The minimum Gasteiger partial charge on any atom is -0.156 e. The molecule has 0 saturated carbocycles. The molecule has 0 aromatic heterocycles. The van der Waals surface area contributed by atoms with Gasteiger partial charge in [0.1, 0.15) is 0 Å². The van der Waals surface area contributed by atoms with E-state index < -0.39 is 0 Å². The first-order valence-corrected chi connectivity index (χ1v) is 22.7. The highest BCUT2D eigenvalue weighted by Gasteiger charge is 2.28. The lowest BCUT2D eigenvalue weighted by atomic mass is 10.5. The van der Waals surface area contributed by atoms with Gasteiger partial charge >= 0.3 is 0 Å². The topological polar surface area (TPSA) is 0 Å². The third-order valence-electron chi connectivity index (χ3n) is 3.71. The van der Waals surface area contributed by atoms with Crippen LogP contribution in [-0.2, 0) is 0 Å². The Morgan fingerprint density at radius 1 is 0.519 bits per heavy atom. The van der Waals surface area contributed by atoms with Gasteiger partial charge in [-0.3, -0.25) is 0 Å². The highest BCUT2D eigenvalue weighted by atomic mass is 33.1. The zero-order valence-electron chi connectivity index (χ0n) is 14.7. The van der Waals surface area contributed by atoms with E-state index in [4.69, 9.17) is 0 Å². The van der Waals surface area contributed by atoms with Crippen LogP contribution < -0.4 is 0 Å². The predicted octanol–water partition coefficient (Wildman–Crippen LogP) is 8.02. The molecule has 0 amide bonds. The fourth-order valence-electron chi connectivity index (χ4n) is 1.77. The summed E-state index contributed by atoms with van der Waals surface area (Å²) in [5.41, 5.74) is 0. The number of rotatable bonds is 18. The summed E-state index contributed by atoms with van der Waals surface area (Å²) in [4.78, 5) is 0. The first-order valence-electron chi connectivity index (χ1n) is 8.94. The van der Waals surface area contributed by atoms with E-state index in [1.807, 2.05) is 0 Å². The number of thioether (sulfide) groups is 4. The molecular weight excluding hydrogens is 565 g/mol. The van der Waals surface area contributed by atoms with E-state index >= 15 is 0 Å². The fourth-order valence-corrected chi connectivity index (χ4v) is 20.6. The van der Waals surface area contributed by atoms with E-state index in [0.717, 1.165) is 30.2 Å². The zero-order valence-corrected chi connectivity index (χ0v) is 24.5. The standard InChI is InChI=1S/C15H24S12/c1(14(24-20-6-10-2-16-10)25-21-7-11-3-17-11)15(26-22-8-12-4-18-12)27-23-9-13-5-19-13/h10-15H,1-9H2. The van der Waals surface area contributed by atoms with Gasteiger partial charge in [0.15, 0.2) is 0 Å². The summed E-state index contributed by atoms with van der Waals surface area (Å²) in [6.07, 6.45) is 1.34. The molecule has 156 valence electrons. The Hall–Kier alpha value is 4.20. The summed E-state index contributed by atoms with van der Waals surface area (Å²) in [5.74, 6) is 11.0. The van der Waals surface area contributed by atoms with E-state index in [0.29, 0.717) is 0 Å². The van der Waals surface area contributed by atoms with Gasteiger partial charge in [-0.25, -0.2) is 0 Å². The van der Waals surface area contributed by atoms with Crippen LogP contribution in [0.15, 0.2) is 0 Å². The highest BCUT2D eigenvalue weighted by molar-refractivity contribution is 8.86. The van der Waals surface area contributed by atoms with Crippen molar-refractivity contribution in [2.24, 2.45) is 0 Å².